The summed E-state index contributed by atoms with van der Waals surface area (Å²) in [5.74, 6) is 1.18. The van der Waals surface area contributed by atoms with Gasteiger partial charge in [-0.15, -0.1) is 0 Å². The second kappa shape index (κ2) is 7.14. The quantitative estimate of drug-likeness (QED) is 0.751. The van der Waals surface area contributed by atoms with E-state index in [4.69, 9.17) is 9.47 Å². The fourth-order valence-electron chi connectivity index (χ4n) is 1.77. The van der Waals surface area contributed by atoms with Crippen molar-refractivity contribution in [3.05, 3.63) is 65.7 Å². The van der Waals surface area contributed by atoms with Crippen molar-refractivity contribution in [1.82, 2.24) is 0 Å². The van der Waals surface area contributed by atoms with Crippen molar-refractivity contribution in [2.45, 2.75) is 0 Å². The molecule has 2 rings (SSSR count). The minimum atomic E-state index is 0.410. The lowest BCUT2D eigenvalue weighted by atomic mass is 10.2. The van der Waals surface area contributed by atoms with Gasteiger partial charge in [-0.3, -0.25) is 4.79 Å². The van der Waals surface area contributed by atoms with Gasteiger partial charge in [0.1, 0.15) is 12.9 Å². The predicted octanol–water partition coefficient (Wildman–Crippen LogP) is 3.60. The number of carbonyl (C=O) groups is 1. The molecule has 0 aliphatic heterocycles. The summed E-state index contributed by atoms with van der Waals surface area (Å²) < 4.78 is 10.8. The Balaban J connectivity index is 2.00. The highest BCUT2D eigenvalue weighted by molar-refractivity contribution is 5.76. The third-order valence-corrected chi connectivity index (χ3v) is 2.77. The highest BCUT2D eigenvalue weighted by Gasteiger charge is 2.04. The summed E-state index contributed by atoms with van der Waals surface area (Å²) in [4.78, 5) is 10.8. The van der Waals surface area contributed by atoms with Crippen LogP contribution < -0.4 is 9.47 Å². The first-order valence-corrected chi connectivity index (χ1v) is 6.31. The van der Waals surface area contributed by atoms with E-state index < -0.39 is 0 Å². The van der Waals surface area contributed by atoms with Crippen molar-refractivity contribution in [1.29, 1.82) is 0 Å². The van der Waals surface area contributed by atoms with E-state index in [2.05, 4.69) is 0 Å². The van der Waals surface area contributed by atoms with Crippen LogP contribution in [0.5, 0.6) is 11.5 Å². The molecule has 0 amide bonds. The number of hydrogen-bond acceptors (Lipinski definition) is 3. The minimum Gasteiger partial charge on any atom is -0.493 e. The Hall–Kier alpha value is -2.55. The molecule has 0 unspecified atom stereocenters. The molecule has 102 valence electrons. The molecule has 3 nitrogen and oxygen atoms in total. The normalized spacial score (nSPS) is 10.4. The van der Waals surface area contributed by atoms with Gasteiger partial charge in [0, 0.05) is 5.56 Å². The molecule has 2 aromatic rings. The molecule has 20 heavy (non-hydrogen) atoms. The zero-order chi connectivity index (χ0) is 14.2. The maximum Gasteiger partial charge on any atom is 0.162 e. The van der Waals surface area contributed by atoms with Gasteiger partial charge in [0.25, 0.3) is 0 Å². The van der Waals surface area contributed by atoms with Crippen LogP contribution in [0.1, 0.15) is 15.9 Å². The standard InChI is InChI=1S/C17H16O3/c1-19-16-10-9-15(13-18)12-17(16)20-11-5-8-14-6-3-2-4-7-14/h2-10,12-13H,11H2,1H3. The molecule has 0 aromatic heterocycles. The van der Waals surface area contributed by atoms with Crippen molar-refractivity contribution in [3.63, 3.8) is 0 Å². The summed E-state index contributed by atoms with van der Waals surface area (Å²) in [7, 11) is 1.57. The molecule has 0 fully saturated rings. The van der Waals surface area contributed by atoms with Crippen LogP contribution in [-0.2, 0) is 0 Å². The molecule has 0 heterocycles. The zero-order valence-electron chi connectivity index (χ0n) is 11.3. The van der Waals surface area contributed by atoms with Crippen molar-refractivity contribution in [3.8, 4) is 11.5 Å². The SMILES string of the molecule is COc1ccc(C=O)cc1OCC=Cc1ccccc1. The van der Waals surface area contributed by atoms with E-state index in [9.17, 15) is 4.79 Å². The van der Waals surface area contributed by atoms with E-state index in [1.807, 2.05) is 42.5 Å². The second-order valence-electron chi connectivity index (χ2n) is 4.15. The van der Waals surface area contributed by atoms with Gasteiger partial charge in [0.05, 0.1) is 7.11 Å². The van der Waals surface area contributed by atoms with Crippen LogP contribution in [0.3, 0.4) is 0 Å². The van der Waals surface area contributed by atoms with Crippen molar-refractivity contribution >= 4 is 12.4 Å². The molecule has 0 bridgehead atoms. The highest BCUT2D eigenvalue weighted by atomic mass is 16.5. The van der Waals surface area contributed by atoms with Gasteiger partial charge in [-0.2, -0.15) is 0 Å². The molecule has 2 aromatic carbocycles. The molecule has 0 saturated heterocycles. The number of hydrogen-bond donors (Lipinski definition) is 0. The first-order valence-electron chi connectivity index (χ1n) is 6.31. The minimum absolute atomic E-state index is 0.410. The molecule has 0 atom stereocenters. The van der Waals surface area contributed by atoms with E-state index in [1.54, 1.807) is 25.3 Å². The molecule has 0 N–H and O–H groups in total. The average Bonchev–Trinajstić information content (AvgIpc) is 2.52. The lowest BCUT2D eigenvalue weighted by molar-refractivity contribution is 0.112. The monoisotopic (exact) mass is 268 g/mol. The number of benzene rings is 2. The number of carbonyl (C=O) groups excluding carboxylic acids is 1. The Morgan fingerprint density at radius 1 is 1.00 bits per heavy atom. The predicted molar refractivity (Wildman–Crippen MR) is 79.4 cm³/mol. The van der Waals surface area contributed by atoms with Crippen LogP contribution in [0.2, 0.25) is 0 Å². The lowest BCUT2D eigenvalue weighted by Crippen LogP contribution is -1.97. The van der Waals surface area contributed by atoms with Crippen molar-refractivity contribution in [2.24, 2.45) is 0 Å². The maximum absolute atomic E-state index is 10.8. The molecule has 0 spiro atoms. The van der Waals surface area contributed by atoms with E-state index in [0.717, 1.165) is 11.8 Å². The topological polar surface area (TPSA) is 35.5 Å². The molecule has 0 radical (unpaired) electrons. The van der Waals surface area contributed by atoms with Crippen LogP contribution in [0.25, 0.3) is 6.08 Å². The van der Waals surface area contributed by atoms with Crippen LogP contribution in [0.15, 0.2) is 54.6 Å². The average molecular weight is 268 g/mol. The van der Waals surface area contributed by atoms with Crippen molar-refractivity contribution < 1.29 is 14.3 Å². The Bertz CT molecular complexity index is 588. The van der Waals surface area contributed by atoms with Gasteiger partial charge in [-0.25, -0.2) is 0 Å². The third kappa shape index (κ3) is 3.72. The fourth-order valence-corrected chi connectivity index (χ4v) is 1.77. The summed E-state index contributed by atoms with van der Waals surface area (Å²) in [5.41, 5.74) is 1.68. The van der Waals surface area contributed by atoms with Crippen LogP contribution in [0, 0.1) is 0 Å². The Morgan fingerprint density at radius 2 is 1.80 bits per heavy atom. The molecule has 0 aliphatic carbocycles. The van der Waals surface area contributed by atoms with Gasteiger partial charge in [-0.1, -0.05) is 36.4 Å². The van der Waals surface area contributed by atoms with Gasteiger partial charge in [0.2, 0.25) is 0 Å². The molecular formula is C17H16O3. The Morgan fingerprint density at radius 3 is 2.50 bits per heavy atom. The maximum atomic E-state index is 10.8. The summed E-state index contributed by atoms with van der Waals surface area (Å²) in [6.45, 7) is 0.410. The summed E-state index contributed by atoms with van der Waals surface area (Å²) in [5, 5.41) is 0. The van der Waals surface area contributed by atoms with Gasteiger partial charge < -0.3 is 9.47 Å². The van der Waals surface area contributed by atoms with Crippen molar-refractivity contribution in [2.75, 3.05) is 13.7 Å². The van der Waals surface area contributed by atoms with E-state index in [0.29, 0.717) is 23.7 Å². The van der Waals surface area contributed by atoms with Gasteiger partial charge in [-0.05, 0) is 29.8 Å². The largest absolute Gasteiger partial charge is 0.493 e. The molecule has 0 aliphatic rings. The Kier molecular flexibility index (Phi) is 4.95. The van der Waals surface area contributed by atoms with Crippen LogP contribution in [0.4, 0.5) is 0 Å². The number of methoxy groups -OCH3 is 1. The third-order valence-electron chi connectivity index (χ3n) is 2.77. The smallest absolute Gasteiger partial charge is 0.162 e. The van der Waals surface area contributed by atoms with Crippen LogP contribution in [-0.4, -0.2) is 20.0 Å². The summed E-state index contributed by atoms with van der Waals surface area (Å²) in [6.07, 6.45) is 4.69. The van der Waals surface area contributed by atoms with Gasteiger partial charge >= 0.3 is 0 Å². The molecule has 3 heteroatoms. The first kappa shape index (κ1) is 13.9. The molecular weight excluding hydrogens is 252 g/mol. The molecule has 0 saturated carbocycles. The summed E-state index contributed by atoms with van der Waals surface area (Å²) >= 11 is 0. The Labute approximate surface area is 118 Å². The second-order valence-corrected chi connectivity index (χ2v) is 4.15. The fraction of sp³-hybridized carbons (Fsp3) is 0.118. The number of rotatable bonds is 6. The van der Waals surface area contributed by atoms with Gasteiger partial charge in [0.15, 0.2) is 11.5 Å². The number of aldehydes is 1. The highest BCUT2D eigenvalue weighted by Crippen LogP contribution is 2.27. The van der Waals surface area contributed by atoms with E-state index in [1.165, 1.54) is 0 Å². The lowest BCUT2D eigenvalue weighted by Gasteiger charge is -2.09. The van der Waals surface area contributed by atoms with E-state index in [-0.39, 0.29) is 0 Å². The zero-order valence-corrected chi connectivity index (χ0v) is 11.3. The van der Waals surface area contributed by atoms with Crippen LogP contribution >= 0.6 is 0 Å². The number of ether oxygens (including phenoxy) is 2. The van der Waals surface area contributed by atoms with E-state index >= 15 is 0 Å². The first-order chi connectivity index (χ1) is 9.83. The summed E-state index contributed by atoms with van der Waals surface area (Å²) in [6, 6.07) is 15.1.